The summed E-state index contributed by atoms with van der Waals surface area (Å²) in [4.78, 5) is 1.33. The van der Waals surface area contributed by atoms with Crippen molar-refractivity contribution < 1.29 is 5.21 Å². The molecule has 0 saturated heterocycles. The number of benzene rings is 1. The molecule has 0 aliphatic carbocycles. The molecule has 2 aromatic rings. The van der Waals surface area contributed by atoms with Crippen molar-refractivity contribution in [1.29, 1.82) is 0 Å². The lowest BCUT2D eigenvalue weighted by molar-refractivity contribution is 0.318. The van der Waals surface area contributed by atoms with Gasteiger partial charge in [0.15, 0.2) is 5.84 Å². The van der Waals surface area contributed by atoms with Crippen LogP contribution in [0.5, 0.6) is 0 Å². The number of nitrogens with two attached hydrogens (primary N) is 1. The van der Waals surface area contributed by atoms with Gasteiger partial charge in [-0.05, 0) is 23.4 Å². The Morgan fingerprint density at radius 1 is 1.35 bits per heavy atom. The van der Waals surface area contributed by atoms with Gasteiger partial charge in [-0.15, -0.1) is 11.3 Å². The summed E-state index contributed by atoms with van der Waals surface area (Å²) in [6.07, 6.45) is 1.02. The van der Waals surface area contributed by atoms with E-state index in [1.807, 2.05) is 24.3 Å². The molecule has 5 heteroatoms. The van der Waals surface area contributed by atoms with Gasteiger partial charge in [0, 0.05) is 23.0 Å². The van der Waals surface area contributed by atoms with Crippen LogP contribution < -0.4 is 11.1 Å². The van der Waals surface area contributed by atoms with Gasteiger partial charge in [-0.3, -0.25) is 0 Å². The summed E-state index contributed by atoms with van der Waals surface area (Å²) < 4.78 is 0. The fourth-order valence-electron chi connectivity index (χ4n) is 2.15. The van der Waals surface area contributed by atoms with E-state index in [1.165, 1.54) is 4.88 Å². The molecule has 0 fully saturated rings. The molecule has 1 unspecified atom stereocenters. The topological polar surface area (TPSA) is 70.6 Å². The summed E-state index contributed by atoms with van der Waals surface area (Å²) in [6.45, 7) is 2.84. The molecule has 4 N–H and O–H groups in total. The van der Waals surface area contributed by atoms with E-state index in [2.05, 4.69) is 34.9 Å². The highest BCUT2D eigenvalue weighted by Crippen LogP contribution is 2.22. The van der Waals surface area contributed by atoms with E-state index in [4.69, 9.17) is 10.9 Å². The molecule has 0 bridgehead atoms. The minimum absolute atomic E-state index is 0.145. The molecule has 1 aromatic heterocycles. The highest BCUT2D eigenvalue weighted by atomic mass is 32.1. The molecular weight excluding hydrogens is 270 g/mol. The number of hydrogen-bond acceptors (Lipinski definition) is 4. The Balaban J connectivity index is 2.11. The van der Waals surface area contributed by atoms with Crippen molar-refractivity contribution in [2.75, 3.05) is 0 Å². The second-order valence-electron chi connectivity index (χ2n) is 4.50. The van der Waals surface area contributed by atoms with Gasteiger partial charge in [-0.25, -0.2) is 0 Å². The Morgan fingerprint density at radius 2 is 2.15 bits per heavy atom. The van der Waals surface area contributed by atoms with Gasteiger partial charge < -0.3 is 16.3 Å². The molecule has 0 aliphatic rings. The van der Waals surface area contributed by atoms with Gasteiger partial charge >= 0.3 is 0 Å². The van der Waals surface area contributed by atoms with E-state index < -0.39 is 0 Å². The number of amidine groups is 1. The molecule has 0 spiro atoms. The molecule has 1 aromatic carbocycles. The van der Waals surface area contributed by atoms with Crippen LogP contribution in [-0.2, 0) is 6.54 Å². The predicted molar refractivity (Wildman–Crippen MR) is 83.1 cm³/mol. The maximum atomic E-state index is 8.83. The highest BCUT2D eigenvalue weighted by molar-refractivity contribution is 7.10. The van der Waals surface area contributed by atoms with Gasteiger partial charge in [-0.2, -0.15) is 0 Å². The zero-order valence-electron chi connectivity index (χ0n) is 11.4. The molecule has 1 atom stereocenters. The fourth-order valence-corrected chi connectivity index (χ4v) is 3.03. The van der Waals surface area contributed by atoms with E-state index in [0.717, 1.165) is 17.5 Å². The molecule has 0 saturated carbocycles. The SMILES string of the molecule is CCC(NCc1ccccc1C(N)=NO)c1cccs1. The van der Waals surface area contributed by atoms with Crippen LogP contribution in [0.4, 0.5) is 0 Å². The minimum Gasteiger partial charge on any atom is -0.409 e. The maximum absolute atomic E-state index is 8.83. The van der Waals surface area contributed by atoms with Crippen molar-refractivity contribution in [3.8, 4) is 0 Å². The quantitative estimate of drug-likeness (QED) is 0.331. The summed E-state index contributed by atoms with van der Waals surface area (Å²) in [5, 5.41) is 17.5. The Hall–Kier alpha value is -1.85. The van der Waals surface area contributed by atoms with Gasteiger partial charge in [0.2, 0.25) is 0 Å². The summed E-state index contributed by atoms with van der Waals surface area (Å²) in [7, 11) is 0. The van der Waals surface area contributed by atoms with Crippen molar-refractivity contribution in [3.63, 3.8) is 0 Å². The number of thiophene rings is 1. The number of oxime groups is 1. The maximum Gasteiger partial charge on any atom is 0.170 e. The normalized spacial score (nSPS) is 13.3. The van der Waals surface area contributed by atoms with E-state index >= 15 is 0 Å². The van der Waals surface area contributed by atoms with Crippen LogP contribution >= 0.6 is 11.3 Å². The van der Waals surface area contributed by atoms with Gasteiger partial charge in [-0.1, -0.05) is 42.4 Å². The molecule has 4 nitrogen and oxygen atoms in total. The molecule has 20 heavy (non-hydrogen) atoms. The number of nitrogens with one attached hydrogen (secondary N) is 1. The molecule has 1 heterocycles. The number of rotatable bonds is 6. The number of nitrogens with zero attached hydrogens (tertiary/aromatic N) is 1. The van der Waals surface area contributed by atoms with Crippen molar-refractivity contribution in [2.45, 2.75) is 25.9 Å². The van der Waals surface area contributed by atoms with Crippen LogP contribution in [0.2, 0.25) is 0 Å². The summed E-state index contributed by atoms with van der Waals surface area (Å²) in [5.41, 5.74) is 7.50. The average molecular weight is 289 g/mol. The monoisotopic (exact) mass is 289 g/mol. The second-order valence-corrected chi connectivity index (χ2v) is 5.48. The smallest absolute Gasteiger partial charge is 0.170 e. The first-order valence-corrected chi connectivity index (χ1v) is 7.46. The third-order valence-corrected chi connectivity index (χ3v) is 4.22. The molecule has 106 valence electrons. The lowest BCUT2D eigenvalue weighted by atomic mass is 10.1. The van der Waals surface area contributed by atoms with Crippen LogP contribution in [0.3, 0.4) is 0 Å². The van der Waals surface area contributed by atoms with Gasteiger partial charge in [0.25, 0.3) is 0 Å². The standard InChI is InChI=1S/C15H19N3OS/c1-2-13(14-8-5-9-20-14)17-10-11-6-3-4-7-12(11)15(16)18-19/h3-9,13,17,19H,2,10H2,1H3,(H2,16,18). The Labute approximate surface area is 122 Å². The van der Waals surface area contributed by atoms with E-state index in [9.17, 15) is 0 Å². The average Bonchev–Trinajstić information content (AvgIpc) is 3.02. The van der Waals surface area contributed by atoms with Crippen LogP contribution in [0.1, 0.15) is 35.4 Å². The van der Waals surface area contributed by atoms with Gasteiger partial charge in [0.05, 0.1) is 0 Å². The van der Waals surface area contributed by atoms with E-state index in [0.29, 0.717) is 12.6 Å². The summed E-state index contributed by atoms with van der Waals surface area (Å²) in [6, 6.07) is 12.2. The summed E-state index contributed by atoms with van der Waals surface area (Å²) in [5.74, 6) is 0.145. The van der Waals surface area contributed by atoms with Crippen LogP contribution in [0.15, 0.2) is 46.9 Å². The molecule has 2 rings (SSSR count). The number of hydrogen-bond donors (Lipinski definition) is 3. The molecule has 0 amide bonds. The first-order chi connectivity index (χ1) is 9.76. The molecule has 0 aliphatic heterocycles. The third kappa shape index (κ3) is 3.37. The van der Waals surface area contributed by atoms with Crippen LogP contribution in [0, 0.1) is 0 Å². The lowest BCUT2D eigenvalue weighted by Crippen LogP contribution is -2.22. The predicted octanol–water partition coefficient (Wildman–Crippen LogP) is 3.08. The first kappa shape index (κ1) is 14.6. The van der Waals surface area contributed by atoms with Crippen LogP contribution in [0.25, 0.3) is 0 Å². The van der Waals surface area contributed by atoms with Gasteiger partial charge in [0.1, 0.15) is 0 Å². The lowest BCUT2D eigenvalue weighted by Gasteiger charge is -2.17. The Bertz CT molecular complexity index is 566. The van der Waals surface area contributed by atoms with Crippen molar-refractivity contribution in [1.82, 2.24) is 5.32 Å². The zero-order chi connectivity index (χ0) is 14.4. The van der Waals surface area contributed by atoms with Crippen molar-refractivity contribution in [2.24, 2.45) is 10.9 Å². The minimum atomic E-state index is 0.145. The first-order valence-electron chi connectivity index (χ1n) is 6.58. The van der Waals surface area contributed by atoms with Crippen molar-refractivity contribution >= 4 is 17.2 Å². The third-order valence-electron chi connectivity index (χ3n) is 3.23. The Morgan fingerprint density at radius 3 is 2.80 bits per heavy atom. The second kappa shape index (κ2) is 7.07. The molecule has 0 radical (unpaired) electrons. The fraction of sp³-hybridized carbons (Fsp3) is 0.267. The highest BCUT2D eigenvalue weighted by Gasteiger charge is 2.11. The van der Waals surface area contributed by atoms with E-state index in [-0.39, 0.29) is 5.84 Å². The van der Waals surface area contributed by atoms with E-state index in [1.54, 1.807) is 11.3 Å². The van der Waals surface area contributed by atoms with Crippen molar-refractivity contribution in [3.05, 3.63) is 57.8 Å². The summed E-state index contributed by atoms with van der Waals surface area (Å²) >= 11 is 1.75. The van der Waals surface area contributed by atoms with Crippen LogP contribution in [-0.4, -0.2) is 11.0 Å². The zero-order valence-corrected chi connectivity index (χ0v) is 12.2. The largest absolute Gasteiger partial charge is 0.409 e. The molecular formula is C15H19N3OS. The Kier molecular flexibility index (Phi) is 5.15.